The molecule has 1 aromatic rings. The Balaban J connectivity index is 2.85. The quantitative estimate of drug-likeness (QED) is 0.867. The third-order valence-corrected chi connectivity index (χ3v) is 3.59. The average molecular weight is 331 g/mol. The van der Waals surface area contributed by atoms with Gasteiger partial charge in [-0.1, -0.05) is 25.1 Å². The van der Waals surface area contributed by atoms with Gasteiger partial charge in [-0.05, 0) is 38.8 Å². The summed E-state index contributed by atoms with van der Waals surface area (Å²) in [4.78, 5) is 14.1. The number of alkyl halides is 3. The molecule has 23 heavy (non-hydrogen) atoms. The van der Waals surface area contributed by atoms with Crippen LogP contribution in [-0.4, -0.2) is 34.6 Å². The van der Waals surface area contributed by atoms with Crippen LogP contribution in [0.4, 0.5) is 13.2 Å². The van der Waals surface area contributed by atoms with Crippen molar-refractivity contribution in [3.63, 3.8) is 0 Å². The average Bonchev–Trinajstić information content (AvgIpc) is 2.43. The number of amides is 1. The smallest absolute Gasteiger partial charge is 0.392 e. The number of carbonyl (C=O) groups excluding carboxylic acids is 1. The Bertz CT molecular complexity index is 527. The van der Waals surface area contributed by atoms with Crippen LogP contribution in [0, 0.1) is 5.92 Å². The molecule has 0 aliphatic heterocycles. The van der Waals surface area contributed by atoms with Crippen LogP contribution in [-0.2, 0) is 17.4 Å². The lowest BCUT2D eigenvalue weighted by molar-refractivity contribution is -0.138. The Hall–Kier alpha value is -1.56. The maximum Gasteiger partial charge on any atom is 0.416 e. The fourth-order valence-corrected chi connectivity index (χ4v) is 2.44. The van der Waals surface area contributed by atoms with Crippen LogP contribution in [0.3, 0.4) is 0 Å². The standard InChI is InChI=1S/C17H24F3NO2/c1-11(2)21(10-13(4)22)16(23)12(3)8-14-6-5-7-15(9-14)17(18,19)20/h5-7,9,11-13,22H,8,10H2,1-4H3. The zero-order chi connectivity index (χ0) is 17.8. The van der Waals surface area contributed by atoms with Gasteiger partial charge in [-0.2, -0.15) is 13.2 Å². The second kappa shape index (κ2) is 7.81. The summed E-state index contributed by atoms with van der Waals surface area (Å²) >= 11 is 0. The van der Waals surface area contributed by atoms with Gasteiger partial charge in [-0.25, -0.2) is 0 Å². The fraction of sp³-hybridized carbons (Fsp3) is 0.588. The number of aliphatic hydroxyl groups is 1. The van der Waals surface area contributed by atoms with Crippen molar-refractivity contribution < 1.29 is 23.1 Å². The van der Waals surface area contributed by atoms with E-state index in [1.807, 2.05) is 13.8 Å². The van der Waals surface area contributed by atoms with Crippen LogP contribution >= 0.6 is 0 Å². The number of hydrogen-bond acceptors (Lipinski definition) is 2. The van der Waals surface area contributed by atoms with Gasteiger partial charge in [0.1, 0.15) is 0 Å². The Morgan fingerprint density at radius 3 is 2.30 bits per heavy atom. The van der Waals surface area contributed by atoms with Crippen molar-refractivity contribution in [1.82, 2.24) is 4.90 Å². The van der Waals surface area contributed by atoms with Crippen LogP contribution in [0.15, 0.2) is 24.3 Å². The van der Waals surface area contributed by atoms with E-state index in [1.54, 1.807) is 24.8 Å². The summed E-state index contributed by atoms with van der Waals surface area (Å²) in [5.74, 6) is -0.627. The topological polar surface area (TPSA) is 40.5 Å². The molecule has 0 radical (unpaired) electrons. The van der Waals surface area contributed by atoms with E-state index in [0.29, 0.717) is 5.56 Å². The molecule has 0 heterocycles. The summed E-state index contributed by atoms with van der Waals surface area (Å²) in [6.45, 7) is 7.19. The number of rotatable bonds is 6. The molecule has 0 bridgehead atoms. The SMILES string of the molecule is CC(O)CN(C(=O)C(C)Cc1cccc(C(F)(F)F)c1)C(C)C. The molecule has 0 spiro atoms. The first-order valence-electron chi connectivity index (χ1n) is 7.67. The summed E-state index contributed by atoms with van der Waals surface area (Å²) in [6.07, 6.45) is -4.81. The van der Waals surface area contributed by atoms with Crippen molar-refractivity contribution >= 4 is 5.91 Å². The molecule has 1 amide bonds. The molecule has 0 aliphatic carbocycles. The Morgan fingerprint density at radius 2 is 1.83 bits per heavy atom. The predicted molar refractivity (Wildman–Crippen MR) is 82.8 cm³/mol. The summed E-state index contributed by atoms with van der Waals surface area (Å²) < 4.78 is 38.2. The van der Waals surface area contributed by atoms with Crippen LogP contribution in [0.1, 0.15) is 38.8 Å². The molecule has 3 nitrogen and oxygen atoms in total. The summed E-state index contributed by atoms with van der Waals surface area (Å²) in [6, 6.07) is 4.96. The van der Waals surface area contributed by atoms with Crippen molar-refractivity contribution in [2.75, 3.05) is 6.54 Å². The molecular formula is C17H24F3NO2. The molecule has 1 N–H and O–H groups in total. The highest BCUT2D eigenvalue weighted by Gasteiger charge is 2.31. The van der Waals surface area contributed by atoms with E-state index in [0.717, 1.165) is 12.1 Å². The minimum absolute atomic E-state index is 0.0824. The van der Waals surface area contributed by atoms with Gasteiger partial charge >= 0.3 is 6.18 Å². The van der Waals surface area contributed by atoms with Crippen LogP contribution < -0.4 is 0 Å². The van der Waals surface area contributed by atoms with Crippen LogP contribution in [0.25, 0.3) is 0 Å². The number of halogens is 3. The van der Waals surface area contributed by atoms with Gasteiger partial charge in [0, 0.05) is 18.5 Å². The zero-order valence-corrected chi connectivity index (χ0v) is 13.9. The van der Waals surface area contributed by atoms with E-state index in [2.05, 4.69) is 0 Å². The van der Waals surface area contributed by atoms with E-state index >= 15 is 0 Å². The molecule has 0 saturated carbocycles. The van der Waals surface area contributed by atoms with E-state index in [4.69, 9.17) is 0 Å². The van der Waals surface area contributed by atoms with Gasteiger partial charge in [0.15, 0.2) is 0 Å². The first-order valence-corrected chi connectivity index (χ1v) is 7.67. The molecule has 0 fully saturated rings. The predicted octanol–water partition coefficient (Wildman–Crippen LogP) is 3.50. The van der Waals surface area contributed by atoms with Gasteiger partial charge in [-0.3, -0.25) is 4.79 Å². The van der Waals surface area contributed by atoms with Crippen LogP contribution in [0.5, 0.6) is 0 Å². The summed E-state index contributed by atoms with van der Waals surface area (Å²) in [7, 11) is 0. The molecule has 130 valence electrons. The van der Waals surface area contributed by atoms with Crippen molar-refractivity contribution in [3.8, 4) is 0 Å². The monoisotopic (exact) mass is 331 g/mol. The number of aliphatic hydroxyl groups excluding tert-OH is 1. The highest BCUT2D eigenvalue weighted by molar-refractivity contribution is 5.79. The highest BCUT2D eigenvalue weighted by atomic mass is 19.4. The van der Waals surface area contributed by atoms with Crippen molar-refractivity contribution in [1.29, 1.82) is 0 Å². The van der Waals surface area contributed by atoms with Gasteiger partial charge in [-0.15, -0.1) is 0 Å². The molecule has 1 rings (SSSR count). The van der Waals surface area contributed by atoms with Crippen LogP contribution in [0.2, 0.25) is 0 Å². The van der Waals surface area contributed by atoms with Gasteiger partial charge in [0.25, 0.3) is 0 Å². The Kier molecular flexibility index (Phi) is 6.62. The lowest BCUT2D eigenvalue weighted by Gasteiger charge is -2.30. The molecular weight excluding hydrogens is 307 g/mol. The second-order valence-corrected chi connectivity index (χ2v) is 6.24. The third kappa shape index (κ3) is 5.86. The first-order chi connectivity index (χ1) is 10.5. The summed E-state index contributed by atoms with van der Waals surface area (Å²) in [5, 5.41) is 9.50. The number of nitrogens with zero attached hydrogens (tertiary/aromatic N) is 1. The second-order valence-electron chi connectivity index (χ2n) is 6.24. The van der Waals surface area contributed by atoms with Gasteiger partial charge in [0.05, 0.1) is 11.7 Å². The van der Waals surface area contributed by atoms with E-state index in [9.17, 15) is 23.1 Å². The molecule has 2 atom stereocenters. The zero-order valence-electron chi connectivity index (χ0n) is 13.9. The number of hydrogen-bond donors (Lipinski definition) is 1. The molecule has 0 aliphatic rings. The number of carbonyl (C=O) groups is 1. The molecule has 1 aromatic carbocycles. The maximum absolute atomic E-state index is 12.7. The lowest BCUT2D eigenvalue weighted by Crippen LogP contribution is -2.44. The number of benzene rings is 1. The third-order valence-electron chi connectivity index (χ3n) is 3.59. The first kappa shape index (κ1) is 19.5. The van der Waals surface area contributed by atoms with E-state index < -0.39 is 23.8 Å². The Labute approximate surface area is 135 Å². The minimum atomic E-state index is -4.39. The highest BCUT2D eigenvalue weighted by Crippen LogP contribution is 2.30. The van der Waals surface area contributed by atoms with Crippen molar-refractivity contribution in [2.24, 2.45) is 5.92 Å². The fourth-order valence-electron chi connectivity index (χ4n) is 2.44. The van der Waals surface area contributed by atoms with Crippen molar-refractivity contribution in [3.05, 3.63) is 35.4 Å². The maximum atomic E-state index is 12.7. The lowest BCUT2D eigenvalue weighted by atomic mass is 9.97. The van der Waals surface area contributed by atoms with Gasteiger partial charge in [0.2, 0.25) is 5.91 Å². The molecule has 6 heteroatoms. The summed E-state index contributed by atoms with van der Waals surface area (Å²) in [5.41, 5.74) is -0.235. The largest absolute Gasteiger partial charge is 0.416 e. The van der Waals surface area contributed by atoms with Gasteiger partial charge < -0.3 is 10.0 Å². The van der Waals surface area contributed by atoms with E-state index in [1.165, 1.54) is 6.07 Å². The molecule has 0 saturated heterocycles. The normalized spacial score (nSPS) is 14.7. The van der Waals surface area contributed by atoms with Crippen molar-refractivity contribution in [2.45, 2.75) is 52.4 Å². The molecule has 2 unspecified atom stereocenters. The minimum Gasteiger partial charge on any atom is -0.392 e. The Morgan fingerprint density at radius 1 is 1.22 bits per heavy atom. The molecule has 0 aromatic heterocycles. The van der Waals surface area contributed by atoms with E-state index in [-0.39, 0.29) is 24.9 Å².